The number of hydrogen-bond acceptors (Lipinski definition) is 3. The van der Waals surface area contributed by atoms with Crippen LogP contribution in [-0.2, 0) is 13.2 Å². The van der Waals surface area contributed by atoms with Gasteiger partial charge in [0.05, 0.1) is 15.9 Å². The highest BCUT2D eigenvalue weighted by Crippen LogP contribution is 2.21. The number of aromatic nitrogens is 1. The van der Waals surface area contributed by atoms with Crippen LogP contribution < -0.4 is 10.1 Å². The summed E-state index contributed by atoms with van der Waals surface area (Å²) >= 11 is 3.11. The number of hydrogen-bond donors (Lipinski definition) is 1. The number of pyridine rings is 1. The fraction of sp³-hybridized carbons (Fsp3) is 0.267. The lowest BCUT2D eigenvalue weighted by Gasteiger charge is -2.08. The molecule has 0 aliphatic carbocycles. The topological polar surface area (TPSA) is 34.1 Å². The van der Waals surface area contributed by atoms with E-state index in [2.05, 4.69) is 33.2 Å². The van der Waals surface area contributed by atoms with Crippen LogP contribution in [0.25, 0.3) is 0 Å². The zero-order valence-corrected chi connectivity index (χ0v) is 12.8. The second kappa shape index (κ2) is 7.36. The molecular weight excluding hydrogens is 323 g/mol. The molecule has 0 amide bonds. The van der Waals surface area contributed by atoms with Crippen molar-refractivity contribution in [3.05, 3.63) is 58.1 Å². The molecule has 2 rings (SSSR count). The average molecular weight is 339 g/mol. The summed E-state index contributed by atoms with van der Waals surface area (Å²) in [6, 6.07) is 10.5. The van der Waals surface area contributed by atoms with Gasteiger partial charge in [-0.3, -0.25) is 4.98 Å². The van der Waals surface area contributed by atoms with E-state index in [1.165, 1.54) is 6.07 Å². The number of rotatable bonds is 6. The van der Waals surface area contributed by atoms with Crippen LogP contribution in [0.5, 0.6) is 5.75 Å². The van der Waals surface area contributed by atoms with Crippen LogP contribution in [-0.4, -0.2) is 11.5 Å². The molecule has 0 fully saturated rings. The Kier molecular flexibility index (Phi) is 5.49. The molecule has 20 heavy (non-hydrogen) atoms. The summed E-state index contributed by atoms with van der Waals surface area (Å²) in [6.45, 7) is 4.01. The van der Waals surface area contributed by atoms with E-state index in [1.807, 2.05) is 18.2 Å². The maximum atomic E-state index is 13.4. The average Bonchev–Trinajstić information content (AvgIpc) is 2.47. The molecule has 0 aliphatic rings. The quantitative estimate of drug-likeness (QED) is 0.872. The molecule has 1 aromatic carbocycles. The van der Waals surface area contributed by atoms with Crippen molar-refractivity contribution >= 4 is 15.9 Å². The van der Waals surface area contributed by atoms with Crippen LogP contribution in [0.15, 0.2) is 40.9 Å². The molecule has 0 saturated carbocycles. The maximum Gasteiger partial charge on any atom is 0.141 e. The Morgan fingerprint density at radius 2 is 2.05 bits per heavy atom. The smallest absolute Gasteiger partial charge is 0.141 e. The molecule has 1 heterocycles. The van der Waals surface area contributed by atoms with Crippen LogP contribution >= 0.6 is 15.9 Å². The lowest BCUT2D eigenvalue weighted by Crippen LogP contribution is -2.13. The van der Waals surface area contributed by atoms with Gasteiger partial charge >= 0.3 is 0 Å². The first-order valence-electron chi connectivity index (χ1n) is 6.42. The van der Waals surface area contributed by atoms with Crippen molar-refractivity contribution in [2.24, 2.45) is 0 Å². The minimum absolute atomic E-state index is 0.320. The molecule has 1 aromatic heterocycles. The highest BCUT2D eigenvalue weighted by Gasteiger charge is 2.03. The molecule has 0 spiro atoms. The van der Waals surface area contributed by atoms with E-state index in [0.29, 0.717) is 16.8 Å². The lowest BCUT2D eigenvalue weighted by molar-refractivity contribution is 0.299. The van der Waals surface area contributed by atoms with Gasteiger partial charge in [-0.05, 0) is 46.7 Å². The fourth-order valence-electron chi connectivity index (χ4n) is 1.69. The Hall–Kier alpha value is -1.46. The largest absolute Gasteiger partial charge is 0.487 e. The third kappa shape index (κ3) is 4.28. The number of ether oxygens (including phenoxy) is 1. The minimum atomic E-state index is -0.337. The Bertz CT molecular complexity index is 578. The van der Waals surface area contributed by atoms with Gasteiger partial charge < -0.3 is 10.1 Å². The van der Waals surface area contributed by atoms with Crippen LogP contribution in [0.1, 0.15) is 18.3 Å². The Labute approximate surface area is 126 Å². The van der Waals surface area contributed by atoms with E-state index in [-0.39, 0.29) is 5.82 Å². The Morgan fingerprint density at radius 3 is 2.80 bits per heavy atom. The van der Waals surface area contributed by atoms with Crippen LogP contribution in [0, 0.1) is 5.82 Å². The molecule has 3 nitrogen and oxygen atoms in total. The van der Waals surface area contributed by atoms with Gasteiger partial charge in [0, 0.05) is 12.6 Å². The SMILES string of the molecule is CCNCc1cccc(COc2ccc(Br)c(F)c2)n1. The molecule has 0 atom stereocenters. The summed E-state index contributed by atoms with van der Waals surface area (Å²) in [5.41, 5.74) is 1.79. The van der Waals surface area contributed by atoms with Gasteiger partial charge in [0.1, 0.15) is 18.2 Å². The van der Waals surface area contributed by atoms with Crippen molar-refractivity contribution < 1.29 is 9.13 Å². The van der Waals surface area contributed by atoms with Gasteiger partial charge in [-0.25, -0.2) is 4.39 Å². The van der Waals surface area contributed by atoms with Crippen molar-refractivity contribution in [1.29, 1.82) is 0 Å². The molecule has 106 valence electrons. The van der Waals surface area contributed by atoms with Crippen molar-refractivity contribution in [2.75, 3.05) is 6.54 Å². The molecule has 2 aromatic rings. The van der Waals surface area contributed by atoms with E-state index in [9.17, 15) is 4.39 Å². The Morgan fingerprint density at radius 1 is 1.25 bits per heavy atom. The lowest BCUT2D eigenvalue weighted by atomic mass is 10.3. The fourth-order valence-corrected chi connectivity index (χ4v) is 1.93. The molecular formula is C15H16BrFN2O. The monoisotopic (exact) mass is 338 g/mol. The molecule has 1 N–H and O–H groups in total. The highest BCUT2D eigenvalue weighted by molar-refractivity contribution is 9.10. The third-order valence-corrected chi connectivity index (χ3v) is 3.34. The van der Waals surface area contributed by atoms with Crippen LogP contribution in [0.3, 0.4) is 0 Å². The summed E-state index contributed by atoms with van der Waals surface area (Å²) in [6.07, 6.45) is 0. The molecule has 0 aliphatic heterocycles. The normalized spacial score (nSPS) is 10.6. The molecule has 0 bridgehead atoms. The van der Waals surface area contributed by atoms with Crippen molar-refractivity contribution in [1.82, 2.24) is 10.3 Å². The van der Waals surface area contributed by atoms with E-state index in [0.717, 1.165) is 24.5 Å². The summed E-state index contributed by atoms with van der Waals surface area (Å²) in [5, 5.41) is 3.22. The zero-order chi connectivity index (χ0) is 14.4. The predicted molar refractivity (Wildman–Crippen MR) is 80.0 cm³/mol. The summed E-state index contributed by atoms with van der Waals surface area (Å²) in [7, 11) is 0. The maximum absolute atomic E-state index is 13.4. The third-order valence-electron chi connectivity index (χ3n) is 2.70. The summed E-state index contributed by atoms with van der Waals surface area (Å²) in [4.78, 5) is 4.47. The van der Waals surface area contributed by atoms with Crippen molar-refractivity contribution in [3.8, 4) is 5.75 Å². The number of nitrogens with one attached hydrogen (secondary N) is 1. The minimum Gasteiger partial charge on any atom is -0.487 e. The van der Waals surface area contributed by atoms with Crippen LogP contribution in [0.2, 0.25) is 0 Å². The molecule has 0 radical (unpaired) electrons. The first kappa shape index (κ1) is 14.9. The standard InChI is InChI=1S/C15H16BrFN2O/c1-2-18-9-11-4-3-5-12(19-11)10-20-13-6-7-14(16)15(17)8-13/h3-8,18H,2,9-10H2,1H3. The van der Waals surface area contributed by atoms with Gasteiger partial charge in [-0.15, -0.1) is 0 Å². The molecule has 0 unspecified atom stereocenters. The van der Waals surface area contributed by atoms with Gasteiger partial charge in [0.2, 0.25) is 0 Å². The summed E-state index contributed by atoms with van der Waals surface area (Å²) in [5.74, 6) is 0.154. The van der Waals surface area contributed by atoms with Gasteiger partial charge in [0.15, 0.2) is 0 Å². The zero-order valence-electron chi connectivity index (χ0n) is 11.2. The number of benzene rings is 1. The number of halogens is 2. The summed E-state index contributed by atoms with van der Waals surface area (Å²) < 4.78 is 19.3. The van der Waals surface area contributed by atoms with E-state index in [4.69, 9.17) is 4.74 Å². The van der Waals surface area contributed by atoms with E-state index >= 15 is 0 Å². The van der Waals surface area contributed by atoms with E-state index < -0.39 is 0 Å². The van der Waals surface area contributed by atoms with E-state index in [1.54, 1.807) is 12.1 Å². The second-order valence-corrected chi connectivity index (χ2v) is 5.12. The van der Waals surface area contributed by atoms with Crippen LogP contribution in [0.4, 0.5) is 4.39 Å². The van der Waals surface area contributed by atoms with Gasteiger partial charge in [-0.1, -0.05) is 13.0 Å². The van der Waals surface area contributed by atoms with Gasteiger partial charge in [0.25, 0.3) is 0 Å². The Balaban J connectivity index is 1.97. The molecule has 5 heteroatoms. The van der Waals surface area contributed by atoms with Gasteiger partial charge in [-0.2, -0.15) is 0 Å². The first-order valence-corrected chi connectivity index (χ1v) is 7.21. The predicted octanol–water partition coefficient (Wildman–Crippen LogP) is 3.67. The molecule has 0 saturated heterocycles. The van der Waals surface area contributed by atoms with Crippen molar-refractivity contribution in [2.45, 2.75) is 20.1 Å². The van der Waals surface area contributed by atoms with Crippen molar-refractivity contribution in [3.63, 3.8) is 0 Å². The highest BCUT2D eigenvalue weighted by atomic mass is 79.9. The second-order valence-electron chi connectivity index (χ2n) is 4.27. The number of nitrogens with zero attached hydrogens (tertiary/aromatic N) is 1. The first-order chi connectivity index (χ1) is 9.69.